The highest BCUT2D eigenvalue weighted by molar-refractivity contribution is 6.04. The molecule has 1 N–H and O–H groups in total. The van der Waals surface area contributed by atoms with Crippen LogP contribution in [0.3, 0.4) is 0 Å². The van der Waals surface area contributed by atoms with E-state index in [1.54, 1.807) is 24.5 Å². The zero-order valence-corrected chi connectivity index (χ0v) is 11.7. The van der Waals surface area contributed by atoms with Crippen LogP contribution in [-0.2, 0) is 0 Å². The second-order valence-electron chi connectivity index (χ2n) is 4.92. The van der Waals surface area contributed by atoms with Crippen molar-refractivity contribution in [2.45, 2.75) is 13.8 Å². The second-order valence-corrected chi connectivity index (χ2v) is 4.92. The van der Waals surface area contributed by atoms with Crippen LogP contribution in [0.2, 0.25) is 0 Å². The van der Waals surface area contributed by atoms with Crippen molar-refractivity contribution < 1.29 is 9.53 Å². The average Bonchev–Trinajstić information content (AvgIpc) is 2.46. The molecule has 0 bridgehead atoms. The van der Waals surface area contributed by atoms with Crippen molar-refractivity contribution in [2.75, 3.05) is 11.9 Å². The lowest BCUT2D eigenvalue weighted by molar-refractivity contribution is 0.102. The summed E-state index contributed by atoms with van der Waals surface area (Å²) in [5.41, 5.74) is 1.29. The molecule has 1 amide bonds. The molecule has 0 spiro atoms. The van der Waals surface area contributed by atoms with Crippen molar-refractivity contribution in [3.63, 3.8) is 0 Å². The summed E-state index contributed by atoms with van der Waals surface area (Å²) >= 11 is 0. The van der Waals surface area contributed by atoms with Gasteiger partial charge in [0, 0.05) is 29.7 Å². The lowest BCUT2D eigenvalue weighted by Crippen LogP contribution is -2.12. The number of nitrogens with zero attached hydrogens (tertiary/aromatic N) is 1. The van der Waals surface area contributed by atoms with Gasteiger partial charge in [-0.05, 0) is 30.2 Å². The van der Waals surface area contributed by atoms with Crippen molar-refractivity contribution in [1.82, 2.24) is 4.98 Å². The van der Waals surface area contributed by atoms with E-state index in [2.05, 4.69) is 24.1 Å². The number of aromatic nitrogens is 1. The van der Waals surface area contributed by atoms with E-state index in [0.717, 1.165) is 5.75 Å². The van der Waals surface area contributed by atoms with Crippen molar-refractivity contribution in [3.8, 4) is 5.75 Å². The minimum absolute atomic E-state index is 0.159. The summed E-state index contributed by atoms with van der Waals surface area (Å²) < 4.78 is 5.63. The molecule has 1 heterocycles. The van der Waals surface area contributed by atoms with Crippen LogP contribution in [0.1, 0.15) is 24.2 Å². The van der Waals surface area contributed by atoms with Crippen LogP contribution in [0.5, 0.6) is 5.75 Å². The van der Waals surface area contributed by atoms with Gasteiger partial charge in [-0.1, -0.05) is 19.9 Å². The van der Waals surface area contributed by atoms with Gasteiger partial charge in [-0.2, -0.15) is 0 Å². The summed E-state index contributed by atoms with van der Waals surface area (Å²) in [7, 11) is 0. The van der Waals surface area contributed by atoms with Gasteiger partial charge in [-0.25, -0.2) is 0 Å². The molecule has 0 saturated carbocycles. The molecule has 20 heavy (non-hydrogen) atoms. The fraction of sp³-hybridized carbons (Fsp3) is 0.250. The predicted molar refractivity (Wildman–Crippen MR) is 79.0 cm³/mol. The topological polar surface area (TPSA) is 51.2 Å². The molecular formula is C16H18N2O2. The zero-order valence-electron chi connectivity index (χ0n) is 11.7. The maximum absolute atomic E-state index is 12.0. The van der Waals surface area contributed by atoms with Crippen LogP contribution in [0, 0.1) is 5.92 Å². The number of rotatable bonds is 5. The van der Waals surface area contributed by atoms with Gasteiger partial charge >= 0.3 is 0 Å². The molecule has 4 heteroatoms. The first-order valence-corrected chi connectivity index (χ1v) is 6.59. The number of carbonyl (C=O) groups is 1. The Morgan fingerprint density at radius 3 is 2.70 bits per heavy atom. The zero-order chi connectivity index (χ0) is 14.4. The van der Waals surface area contributed by atoms with Crippen molar-refractivity contribution >= 4 is 11.6 Å². The lowest BCUT2D eigenvalue weighted by Gasteiger charge is -2.10. The number of nitrogens with one attached hydrogen (secondary N) is 1. The van der Waals surface area contributed by atoms with Gasteiger partial charge < -0.3 is 10.1 Å². The molecule has 0 radical (unpaired) electrons. The largest absolute Gasteiger partial charge is 0.493 e. The molecule has 104 valence electrons. The van der Waals surface area contributed by atoms with Crippen molar-refractivity contribution in [3.05, 3.63) is 54.4 Å². The van der Waals surface area contributed by atoms with Crippen molar-refractivity contribution in [1.29, 1.82) is 0 Å². The Bertz CT molecular complexity index is 568. The van der Waals surface area contributed by atoms with Gasteiger partial charge in [0.25, 0.3) is 5.91 Å². The fourth-order valence-corrected chi connectivity index (χ4v) is 1.63. The number of ether oxygens (including phenoxy) is 1. The van der Waals surface area contributed by atoms with Crippen molar-refractivity contribution in [2.24, 2.45) is 5.92 Å². The summed E-state index contributed by atoms with van der Waals surface area (Å²) in [6, 6.07) is 10.7. The Labute approximate surface area is 118 Å². The Morgan fingerprint density at radius 2 is 2.00 bits per heavy atom. The maximum atomic E-state index is 12.0. The minimum atomic E-state index is -0.159. The fourth-order valence-electron chi connectivity index (χ4n) is 1.63. The van der Waals surface area contributed by atoms with E-state index < -0.39 is 0 Å². The quantitative estimate of drug-likeness (QED) is 0.906. The minimum Gasteiger partial charge on any atom is -0.493 e. The molecule has 1 aromatic heterocycles. The van der Waals surface area contributed by atoms with Gasteiger partial charge in [-0.3, -0.25) is 9.78 Å². The van der Waals surface area contributed by atoms with E-state index in [0.29, 0.717) is 23.8 Å². The predicted octanol–water partition coefficient (Wildman–Crippen LogP) is 3.37. The first-order valence-electron chi connectivity index (χ1n) is 6.59. The highest BCUT2D eigenvalue weighted by Gasteiger charge is 2.06. The Hall–Kier alpha value is -2.36. The number of benzene rings is 1. The SMILES string of the molecule is CC(C)COc1cccc(NC(=O)c2ccncc2)c1. The Balaban J connectivity index is 2.02. The van der Waals surface area contributed by atoms with E-state index in [1.807, 2.05) is 24.3 Å². The smallest absolute Gasteiger partial charge is 0.255 e. The number of anilines is 1. The van der Waals surface area contributed by atoms with Gasteiger partial charge in [0.05, 0.1) is 6.61 Å². The van der Waals surface area contributed by atoms with Gasteiger partial charge in [-0.15, -0.1) is 0 Å². The van der Waals surface area contributed by atoms with E-state index in [-0.39, 0.29) is 5.91 Å². The number of hydrogen-bond acceptors (Lipinski definition) is 3. The molecule has 0 atom stereocenters. The highest BCUT2D eigenvalue weighted by atomic mass is 16.5. The monoisotopic (exact) mass is 270 g/mol. The third-order valence-electron chi connectivity index (χ3n) is 2.62. The number of hydrogen-bond donors (Lipinski definition) is 1. The molecule has 0 unspecified atom stereocenters. The van der Waals surface area contributed by atoms with Crippen LogP contribution in [-0.4, -0.2) is 17.5 Å². The number of pyridine rings is 1. The summed E-state index contributed by atoms with van der Waals surface area (Å²) in [5, 5.41) is 2.84. The Kier molecular flexibility index (Phi) is 4.71. The third kappa shape index (κ3) is 4.09. The molecule has 1 aromatic carbocycles. The molecule has 4 nitrogen and oxygen atoms in total. The molecule has 0 saturated heterocycles. The first-order chi connectivity index (χ1) is 9.65. The average molecular weight is 270 g/mol. The Morgan fingerprint density at radius 1 is 1.25 bits per heavy atom. The van der Waals surface area contributed by atoms with Crippen LogP contribution in [0.4, 0.5) is 5.69 Å². The highest BCUT2D eigenvalue weighted by Crippen LogP contribution is 2.18. The second kappa shape index (κ2) is 6.70. The summed E-state index contributed by atoms with van der Waals surface area (Å²) in [4.78, 5) is 15.9. The van der Waals surface area contributed by atoms with Crippen LogP contribution < -0.4 is 10.1 Å². The maximum Gasteiger partial charge on any atom is 0.255 e. The molecule has 0 aliphatic heterocycles. The van der Waals surface area contributed by atoms with E-state index in [9.17, 15) is 4.79 Å². The van der Waals surface area contributed by atoms with Crippen LogP contribution in [0.15, 0.2) is 48.8 Å². The third-order valence-corrected chi connectivity index (χ3v) is 2.62. The van der Waals surface area contributed by atoms with E-state index >= 15 is 0 Å². The summed E-state index contributed by atoms with van der Waals surface area (Å²) in [6.07, 6.45) is 3.19. The normalized spacial score (nSPS) is 10.3. The van der Waals surface area contributed by atoms with Gasteiger partial charge in [0.1, 0.15) is 5.75 Å². The first kappa shape index (κ1) is 14.1. The molecule has 2 aromatic rings. The summed E-state index contributed by atoms with van der Waals surface area (Å²) in [5.74, 6) is 1.06. The van der Waals surface area contributed by atoms with Gasteiger partial charge in [0.15, 0.2) is 0 Å². The number of carbonyl (C=O) groups excluding carboxylic acids is 1. The molecule has 0 aliphatic rings. The van der Waals surface area contributed by atoms with Crippen LogP contribution in [0.25, 0.3) is 0 Å². The van der Waals surface area contributed by atoms with E-state index in [1.165, 1.54) is 0 Å². The molecular weight excluding hydrogens is 252 g/mol. The summed E-state index contributed by atoms with van der Waals surface area (Å²) in [6.45, 7) is 4.84. The lowest BCUT2D eigenvalue weighted by atomic mass is 10.2. The molecule has 2 rings (SSSR count). The van der Waals surface area contributed by atoms with Gasteiger partial charge in [0.2, 0.25) is 0 Å². The molecule has 0 aliphatic carbocycles. The van der Waals surface area contributed by atoms with E-state index in [4.69, 9.17) is 4.74 Å². The standard InChI is InChI=1S/C16H18N2O2/c1-12(2)11-20-15-5-3-4-14(10-15)18-16(19)13-6-8-17-9-7-13/h3-10,12H,11H2,1-2H3,(H,18,19). The number of amides is 1. The molecule has 0 fully saturated rings. The van der Waals surface area contributed by atoms with Crippen LogP contribution >= 0.6 is 0 Å².